The third-order valence-corrected chi connectivity index (χ3v) is 3.74. The normalized spacial score (nSPS) is 10.5. The van der Waals surface area contributed by atoms with Crippen LogP contribution < -0.4 is 0 Å². The zero-order valence-electron chi connectivity index (χ0n) is 14.5. The molecule has 0 atom stereocenters. The summed E-state index contributed by atoms with van der Waals surface area (Å²) in [5, 5.41) is 10.2. The molecule has 1 radical (unpaired) electrons. The van der Waals surface area contributed by atoms with Gasteiger partial charge in [0, 0.05) is 0 Å². The first-order valence-electron chi connectivity index (χ1n) is 8.59. The van der Waals surface area contributed by atoms with E-state index < -0.39 is 5.97 Å². The minimum Gasteiger partial charge on any atom is -0.507 e. The highest BCUT2D eigenvalue weighted by molar-refractivity contribution is 5.92. The Hall–Kier alpha value is -1.77. The molecule has 1 aromatic carbocycles. The maximum Gasteiger partial charge on any atom is 0.341 e. The van der Waals surface area contributed by atoms with Crippen molar-refractivity contribution < 1.29 is 14.6 Å². The number of phenols is 1. The van der Waals surface area contributed by atoms with Gasteiger partial charge >= 0.3 is 5.97 Å². The Morgan fingerprint density at radius 2 is 1.83 bits per heavy atom. The lowest BCUT2D eigenvalue weighted by molar-refractivity contribution is 0.0494. The third kappa shape index (κ3) is 7.36. The molecule has 0 saturated carbocycles. The number of aromatic hydroxyl groups is 1. The number of carbonyl (C=O) groups excluding carboxylic acids is 1. The van der Waals surface area contributed by atoms with Crippen molar-refractivity contribution in [2.45, 2.75) is 65.2 Å². The number of rotatable bonds is 11. The largest absolute Gasteiger partial charge is 0.507 e. The van der Waals surface area contributed by atoms with Gasteiger partial charge in [0.05, 0.1) is 6.61 Å². The van der Waals surface area contributed by atoms with Crippen LogP contribution in [0.4, 0.5) is 0 Å². The van der Waals surface area contributed by atoms with E-state index in [1.165, 1.54) is 38.2 Å². The summed E-state index contributed by atoms with van der Waals surface area (Å²) in [4.78, 5) is 12.1. The van der Waals surface area contributed by atoms with Crippen LogP contribution in [0.25, 0.3) is 0 Å². The van der Waals surface area contributed by atoms with Crippen LogP contribution in [0.2, 0.25) is 0 Å². The Morgan fingerprint density at radius 3 is 2.48 bits per heavy atom. The van der Waals surface area contributed by atoms with E-state index in [9.17, 15) is 9.90 Å². The molecule has 0 aliphatic heterocycles. The van der Waals surface area contributed by atoms with E-state index in [1.54, 1.807) is 6.07 Å². The molecular formula is C20H29O3. The lowest BCUT2D eigenvalue weighted by Gasteiger charge is -2.09. The summed E-state index contributed by atoms with van der Waals surface area (Å²) in [6.07, 6.45) is 8.74. The minimum absolute atomic E-state index is 0.0173. The minimum atomic E-state index is -0.478. The average Bonchev–Trinajstić information content (AvgIpc) is 2.51. The summed E-state index contributed by atoms with van der Waals surface area (Å²) in [5.74, 6) is -0.496. The molecule has 0 heterocycles. The van der Waals surface area contributed by atoms with Gasteiger partial charge in [0.2, 0.25) is 0 Å². The van der Waals surface area contributed by atoms with Crippen LogP contribution in [0.15, 0.2) is 24.3 Å². The molecule has 0 aromatic heterocycles. The zero-order chi connectivity index (χ0) is 17.1. The first-order chi connectivity index (χ1) is 11.1. The summed E-state index contributed by atoms with van der Waals surface area (Å²) < 4.78 is 5.26. The van der Waals surface area contributed by atoms with Gasteiger partial charge in [-0.3, -0.25) is 0 Å². The molecule has 1 rings (SSSR count). The molecule has 3 heteroatoms. The maximum absolute atomic E-state index is 12.1. The smallest absolute Gasteiger partial charge is 0.341 e. The van der Waals surface area contributed by atoms with Crippen LogP contribution in [-0.2, 0) is 11.2 Å². The number of esters is 1. The fourth-order valence-corrected chi connectivity index (χ4v) is 2.45. The number of hydrogen-bond donors (Lipinski definition) is 1. The van der Waals surface area contributed by atoms with E-state index >= 15 is 0 Å². The van der Waals surface area contributed by atoms with Gasteiger partial charge in [-0.15, -0.1) is 0 Å². The number of benzene rings is 1. The van der Waals surface area contributed by atoms with Crippen LogP contribution in [0.3, 0.4) is 0 Å². The van der Waals surface area contributed by atoms with Gasteiger partial charge in [-0.05, 0) is 43.5 Å². The molecule has 0 aliphatic carbocycles. The summed E-state index contributed by atoms with van der Waals surface area (Å²) in [6, 6.07) is 6.04. The molecule has 0 saturated heterocycles. The maximum atomic E-state index is 12.1. The molecule has 0 bridgehead atoms. The predicted octanol–water partition coefficient (Wildman–Crippen LogP) is 5.22. The monoisotopic (exact) mass is 317 g/mol. The Kier molecular flexibility index (Phi) is 9.11. The van der Waals surface area contributed by atoms with Crippen molar-refractivity contribution in [2.24, 2.45) is 0 Å². The van der Waals surface area contributed by atoms with Crippen LogP contribution in [0, 0.1) is 6.07 Å². The van der Waals surface area contributed by atoms with E-state index in [4.69, 9.17) is 4.74 Å². The van der Waals surface area contributed by atoms with Gasteiger partial charge in [-0.2, -0.15) is 0 Å². The van der Waals surface area contributed by atoms with Crippen molar-refractivity contribution in [3.8, 4) is 5.75 Å². The number of unbranched alkanes of at least 4 members (excludes halogenated alkanes) is 6. The first-order valence-corrected chi connectivity index (χ1v) is 8.59. The fraction of sp³-hybridized carbons (Fsp3) is 0.550. The lowest BCUT2D eigenvalue weighted by Crippen LogP contribution is -2.07. The number of phenolic OH excluding ortho intramolecular Hbond substituents is 1. The molecular weight excluding hydrogens is 288 g/mol. The molecule has 0 fully saturated rings. The second-order valence-corrected chi connectivity index (χ2v) is 6.13. The van der Waals surface area contributed by atoms with Crippen LogP contribution >= 0.6 is 0 Å². The Morgan fingerprint density at radius 1 is 1.17 bits per heavy atom. The molecule has 0 aliphatic rings. The molecule has 0 amide bonds. The highest BCUT2D eigenvalue weighted by atomic mass is 16.5. The van der Waals surface area contributed by atoms with Gasteiger partial charge in [0.25, 0.3) is 0 Å². The topological polar surface area (TPSA) is 46.5 Å². The van der Waals surface area contributed by atoms with Crippen LogP contribution in [0.1, 0.15) is 74.7 Å². The predicted molar refractivity (Wildman–Crippen MR) is 93.7 cm³/mol. The molecule has 127 valence electrons. The molecule has 3 nitrogen and oxygen atoms in total. The van der Waals surface area contributed by atoms with Gasteiger partial charge in [-0.1, -0.05) is 57.6 Å². The van der Waals surface area contributed by atoms with Crippen LogP contribution in [0.5, 0.6) is 5.75 Å². The SMILES string of the molecule is C=C(C)Cc1c[c]cc(C(=O)OCCCCCCCCC)c1O. The van der Waals surface area contributed by atoms with Gasteiger partial charge in [0.15, 0.2) is 0 Å². The van der Waals surface area contributed by atoms with Crippen molar-refractivity contribution in [2.75, 3.05) is 6.61 Å². The van der Waals surface area contributed by atoms with Gasteiger partial charge in [-0.25, -0.2) is 4.79 Å². The standard InChI is InChI=1S/C20H29O3/c1-4-5-6-7-8-9-10-14-23-20(22)18-13-11-12-17(19(18)21)15-16(2)3/h12-13,21H,2,4-10,14-15H2,1,3H3. The Bertz CT molecular complexity index is 506. The van der Waals surface area contributed by atoms with Crippen molar-refractivity contribution in [1.82, 2.24) is 0 Å². The zero-order valence-corrected chi connectivity index (χ0v) is 14.5. The molecule has 0 spiro atoms. The quantitative estimate of drug-likeness (QED) is 0.346. The van der Waals surface area contributed by atoms with Crippen molar-refractivity contribution >= 4 is 5.97 Å². The van der Waals surface area contributed by atoms with Crippen molar-refractivity contribution in [3.05, 3.63) is 41.5 Å². The van der Waals surface area contributed by atoms with Crippen LogP contribution in [-0.4, -0.2) is 17.7 Å². The summed E-state index contributed by atoms with van der Waals surface area (Å²) in [6.45, 7) is 8.31. The second kappa shape index (κ2) is 10.9. The lowest BCUT2D eigenvalue weighted by atomic mass is 10.0. The van der Waals surface area contributed by atoms with E-state index in [0.29, 0.717) is 18.6 Å². The van der Waals surface area contributed by atoms with E-state index in [2.05, 4.69) is 19.6 Å². The number of hydrogen-bond acceptors (Lipinski definition) is 3. The van der Waals surface area contributed by atoms with E-state index in [1.807, 2.05) is 6.92 Å². The van der Waals surface area contributed by atoms with Crippen molar-refractivity contribution in [1.29, 1.82) is 0 Å². The summed E-state index contributed by atoms with van der Waals surface area (Å²) >= 11 is 0. The average molecular weight is 317 g/mol. The highest BCUT2D eigenvalue weighted by Crippen LogP contribution is 2.25. The Balaban J connectivity index is 2.36. The molecule has 1 aromatic rings. The van der Waals surface area contributed by atoms with Crippen molar-refractivity contribution in [3.63, 3.8) is 0 Å². The van der Waals surface area contributed by atoms with Gasteiger partial charge in [0.1, 0.15) is 11.3 Å². The highest BCUT2D eigenvalue weighted by Gasteiger charge is 2.15. The molecule has 23 heavy (non-hydrogen) atoms. The molecule has 1 N–H and O–H groups in total. The number of carbonyl (C=O) groups is 1. The summed E-state index contributed by atoms with van der Waals surface area (Å²) in [7, 11) is 0. The Labute approximate surface area is 140 Å². The molecule has 0 unspecified atom stereocenters. The number of ether oxygens (including phenoxy) is 1. The third-order valence-electron chi connectivity index (χ3n) is 3.74. The number of allylic oxidation sites excluding steroid dienone is 1. The van der Waals surface area contributed by atoms with E-state index in [-0.39, 0.29) is 11.3 Å². The van der Waals surface area contributed by atoms with Gasteiger partial charge < -0.3 is 9.84 Å². The van der Waals surface area contributed by atoms with E-state index in [0.717, 1.165) is 18.4 Å². The summed E-state index contributed by atoms with van der Waals surface area (Å²) in [5.41, 5.74) is 1.76. The first kappa shape index (κ1) is 19.3. The fourth-order valence-electron chi connectivity index (χ4n) is 2.45. The second-order valence-electron chi connectivity index (χ2n) is 6.13.